The molecule has 0 spiro atoms. The number of carbonyl (C=O) groups is 1. The van der Waals surface area contributed by atoms with E-state index < -0.39 is 0 Å². The minimum Gasteiger partial charge on any atom is -0.435 e. The van der Waals surface area contributed by atoms with Crippen LogP contribution in [0.4, 0.5) is 0 Å². The van der Waals surface area contributed by atoms with Gasteiger partial charge in [-0.3, -0.25) is 4.79 Å². The second-order valence-corrected chi connectivity index (χ2v) is 2.11. The summed E-state index contributed by atoms with van der Waals surface area (Å²) < 4.78 is 9.32. The van der Waals surface area contributed by atoms with Gasteiger partial charge in [-0.2, -0.15) is 0 Å². The van der Waals surface area contributed by atoms with Crippen molar-refractivity contribution in [2.24, 2.45) is 0 Å². The molecule has 0 bridgehead atoms. The summed E-state index contributed by atoms with van der Waals surface area (Å²) in [6.07, 6.45) is 3.29. The Labute approximate surface area is 67.0 Å². The fourth-order valence-corrected chi connectivity index (χ4v) is 0.668. The van der Waals surface area contributed by atoms with Gasteiger partial charge in [0.25, 0.3) is 0 Å². The topological polar surface area (TPSA) is 35.5 Å². The molecule has 0 saturated carbocycles. The van der Waals surface area contributed by atoms with Crippen molar-refractivity contribution >= 4 is 5.97 Å². The minimum absolute atomic E-state index is 0.226. The van der Waals surface area contributed by atoms with Gasteiger partial charge in [-0.05, 0) is 12.8 Å². The number of methoxy groups -OCH3 is 1. The van der Waals surface area contributed by atoms with E-state index >= 15 is 0 Å². The predicted molar refractivity (Wildman–Crippen MR) is 42.0 cm³/mol. The third-order valence-corrected chi connectivity index (χ3v) is 1.19. The second-order valence-electron chi connectivity index (χ2n) is 2.11. The Morgan fingerprint density at radius 3 is 2.82 bits per heavy atom. The smallest absolute Gasteiger partial charge is 0.310 e. The molecule has 0 unspecified atom stereocenters. The summed E-state index contributed by atoms with van der Waals surface area (Å²) in [6.45, 7) is 3.97. The van der Waals surface area contributed by atoms with Crippen LogP contribution in [-0.4, -0.2) is 19.7 Å². The highest BCUT2D eigenvalue weighted by molar-refractivity contribution is 5.69. The third-order valence-electron chi connectivity index (χ3n) is 1.19. The van der Waals surface area contributed by atoms with Crippen LogP contribution >= 0.6 is 0 Å². The maximum atomic E-state index is 10.7. The molecule has 0 atom stereocenters. The summed E-state index contributed by atoms with van der Waals surface area (Å²) in [5.74, 6) is -0.226. The zero-order valence-electron chi connectivity index (χ0n) is 6.84. The van der Waals surface area contributed by atoms with E-state index in [9.17, 15) is 4.79 Å². The lowest BCUT2D eigenvalue weighted by molar-refractivity contribution is -0.138. The summed E-state index contributed by atoms with van der Waals surface area (Å²) in [7, 11) is 1.64. The number of ether oxygens (including phenoxy) is 2. The molecule has 0 rings (SSSR count). The molecular weight excluding hydrogens is 144 g/mol. The minimum atomic E-state index is -0.226. The lowest BCUT2D eigenvalue weighted by Crippen LogP contribution is -1.99. The quantitative estimate of drug-likeness (QED) is 0.334. The lowest BCUT2D eigenvalue weighted by atomic mass is 10.2. The second kappa shape index (κ2) is 7.28. The molecule has 64 valence electrons. The van der Waals surface area contributed by atoms with Crippen LogP contribution < -0.4 is 0 Å². The highest BCUT2D eigenvalue weighted by atomic mass is 16.5. The number of esters is 1. The van der Waals surface area contributed by atoms with Crippen LogP contribution in [0.1, 0.15) is 19.3 Å². The van der Waals surface area contributed by atoms with Gasteiger partial charge < -0.3 is 9.47 Å². The van der Waals surface area contributed by atoms with E-state index in [0.717, 1.165) is 19.1 Å². The molecule has 0 aliphatic heterocycles. The van der Waals surface area contributed by atoms with E-state index in [-0.39, 0.29) is 5.97 Å². The van der Waals surface area contributed by atoms with Gasteiger partial charge in [-0.25, -0.2) is 0 Å². The zero-order valence-corrected chi connectivity index (χ0v) is 6.84. The van der Waals surface area contributed by atoms with Crippen LogP contribution in [-0.2, 0) is 14.3 Å². The van der Waals surface area contributed by atoms with Gasteiger partial charge in [0.05, 0.1) is 6.26 Å². The monoisotopic (exact) mass is 158 g/mol. The molecule has 0 amide bonds. The van der Waals surface area contributed by atoms with Crippen LogP contribution in [0.25, 0.3) is 0 Å². The van der Waals surface area contributed by atoms with Gasteiger partial charge in [0.15, 0.2) is 0 Å². The summed E-state index contributed by atoms with van der Waals surface area (Å²) >= 11 is 0. The normalized spacial score (nSPS) is 9.18. The molecular formula is C8H14O3. The van der Waals surface area contributed by atoms with E-state index in [4.69, 9.17) is 4.74 Å². The zero-order chi connectivity index (χ0) is 8.53. The van der Waals surface area contributed by atoms with Crippen LogP contribution in [0.3, 0.4) is 0 Å². The van der Waals surface area contributed by atoms with Crippen molar-refractivity contribution in [1.29, 1.82) is 0 Å². The molecule has 0 aliphatic carbocycles. The molecule has 3 nitrogen and oxygen atoms in total. The Morgan fingerprint density at radius 1 is 1.55 bits per heavy atom. The number of unbranched alkanes of at least 4 members (excludes halogenated alkanes) is 1. The molecule has 0 aromatic heterocycles. The molecule has 0 fully saturated rings. The fourth-order valence-electron chi connectivity index (χ4n) is 0.668. The average molecular weight is 158 g/mol. The average Bonchev–Trinajstić information content (AvgIpc) is 1.99. The standard InChI is InChI=1S/C8H14O3/c1-3-11-8(9)6-4-5-7-10-2/h3H,1,4-7H2,2H3. The molecule has 0 aromatic rings. The van der Waals surface area contributed by atoms with Crippen molar-refractivity contribution in [3.8, 4) is 0 Å². The van der Waals surface area contributed by atoms with Crippen molar-refractivity contribution in [2.45, 2.75) is 19.3 Å². The number of hydrogen-bond donors (Lipinski definition) is 0. The number of carbonyl (C=O) groups excluding carboxylic acids is 1. The largest absolute Gasteiger partial charge is 0.435 e. The Morgan fingerprint density at radius 2 is 2.27 bits per heavy atom. The summed E-state index contributed by atoms with van der Waals surface area (Å²) in [5, 5.41) is 0. The Bertz CT molecular complexity index is 121. The summed E-state index contributed by atoms with van der Waals surface area (Å²) in [6, 6.07) is 0. The first-order valence-corrected chi connectivity index (χ1v) is 3.60. The highest BCUT2D eigenvalue weighted by Crippen LogP contribution is 1.97. The summed E-state index contributed by atoms with van der Waals surface area (Å²) in [4.78, 5) is 10.7. The van der Waals surface area contributed by atoms with Gasteiger partial charge in [-0.1, -0.05) is 6.58 Å². The molecule has 0 saturated heterocycles. The molecule has 11 heavy (non-hydrogen) atoms. The summed E-state index contributed by atoms with van der Waals surface area (Å²) in [5.41, 5.74) is 0. The molecule has 0 heterocycles. The Hall–Kier alpha value is -0.830. The molecule has 0 aliphatic rings. The van der Waals surface area contributed by atoms with Gasteiger partial charge >= 0.3 is 5.97 Å². The van der Waals surface area contributed by atoms with Crippen LogP contribution in [0.2, 0.25) is 0 Å². The number of hydrogen-bond acceptors (Lipinski definition) is 3. The van der Waals surface area contributed by atoms with Crippen molar-refractivity contribution in [3.63, 3.8) is 0 Å². The molecule has 0 N–H and O–H groups in total. The lowest BCUT2D eigenvalue weighted by Gasteiger charge is -1.98. The van der Waals surface area contributed by atoms with E-state index in [2.05, 4.69) is 11.3 Å². The SMILES string of the molecule is C=COC(=O)CCCCOC. The highest BCUT2D eigenvalue weighted by Gasteiger charge is 1.98. The van der Waals surface area contributed by atoms with Gasteiger partial charge in [-0.15, -0.1) is 0 Å². The Balaban J connectivity index is 3.10. The maximum Gasteiger partial charge on any atom is 0.310 e. The van der Waals surface area contributed by atoms with Crippen molar-refractivity contribution in [1.82, 2.24) is 0 Å². The Kier molecular flexibility index (Phi) is 6.73. The first-order chi connectivity index (χ1) is 5.31. The van der Waals surface area contributed by atoms with E-state index in [1.165, 1.54) is 0 Å². The molecule has 0 radical (unpaired) electrons. The first-order valence-electron chi connectivity index (χ1n) is 3.60. The van der Waals surface area contributed by atoms with E-state index in [1.807, 2.05) is 0 Å². The van der Waals surface area contributed by atoms with Crippen molar-refractivity contribution in [2.75, 3.05) is 13.7 Å². The van der Waals surface area contributed by atoms with Crippen molar-refractivity contribution < 1.29 is 14.3 Å². The van der Waals surface area contributed by atoms with Gasteiger partial charge in [0, 0.05) is 20.1 Å². The first kappa shape index (κ1) is 10.2. The fraction of sp³-hybridized carbons (Fsp3) is 0.625. The molecule has 0 aromatic carbocycles. The van der Waals surface area contributed by atoms with E-state index in [1.54, 1.807) is 7.11 Å². The van der Waals surface area contributed by atoms with Gasteiger partial charge in [0.2, 0.25) is 0 Å². The maximum absolute atomic E-state index is 10.7. The van der Waals surface area contributed by atoms with Crippen molar-refractivity contribution in [3.05, 3.63) is 12.8 Å². The van der Waals surface area contributed by atoms with Crippen LogP contribution in [0.5, 0.6) is 0 Å². The third kappa shape index (κ3) is 7.06. The van der Waals surface area contributed by atoms with Gasteiger partial charge in [0.1, 0.15) is 0 Å². The van der Waals surface area contributed by atoms with Crippen LogP contribution in [0.15, 0.2) is 12.8 Å². The van der Waals surface area contributed by atoms with E-state index in [0.29, 0.717) is 13.0 Å². The van der Waals surface area contributed by atoms with Crippen LogP contribution in [0, 0.1) is 0 Å². The predicted octanol–water partition coefficient (Wildman–Crippen LogP) is 1.49. The number of rotatable bonds is 6. The molecule has 3 heteroatoms.